The first-order valence-corrected chi connectivity index (χ1v) is 7.49. The summed E-state index contributed by atoms with van der Waals surface area (Å²) in [5.74, 6) is -0.617. The van der Waals surface area contributed by atoms with E-state index in [4.69, 9.17) is 4.74 Å². The van der Waals surface area contributed by atoms with E-state index in [-0.39, 0.29) is 10.6 Å². The lowest BCUT2D eigenvalue weighted by Crippen LogP contribution is -2.13. The molecule has 0 aliphatic carbocycles. The van der Waals surface area contributed by atoms with Gasteiger partial charge in [-0.1, -0.05) is 12.1 Å². The molecule has 0 spiro atoms. The van der Waals surface area contributed by atoms with Crippen molar-refractivity contribution in [3.63, 3.8) is 0 Å². The molecule has 21 heavy (non-hydrogen) atoms. The lowest BCUT2D eigenvalue weighted by molar-refractivity contribution is 0.399. The summed E-state index contributed by atoms with van der Waals surface area (Å²) in [7, 11) is -2.63. The molecule has 1 aromatic heterocycles. The molecule has 0 aliphatic heterocycles. The lowest BCUT2D eigenvalue weighted by Gasteiger charge is -2.10. The van der Waals surface area contributed by atoms with Crippen LogP contribution in [0.4, 0.5) is 4.39 Å². The van der Waals surface area contributed by atoms with E-state index in [1.54, 1.807) is 24.3 Å². The molecule has 0 unspecified atom stereocenters. The molecule has 0 fully saturated rings. The monoisotopic (exact) mass is 306 g/mol. The fourth-order valence-corrected chi connectivity index (χ4v) is 3.52. The zero-order valence-corrected chi connectivity index (χ0v) is 11.8. The number of ether oxygens (including phenoxy) is 1. The molecule has 0 bridgehead atoms. The Balaban J connectivity index is 2.26. The van der Waals surface area contributed by atoms with E-state index in [9.17, 15) is 12.8 Å². The number of aromatic nitrogens is 2. The van der Waals surface area contributed by atoms with Crippen molar-refractivity contribution < 1.29 is 17.5 Å². The van der Waals surface area contributed by atoms with Crippen molar-refractivity contribution in [1.82, 2.24) is 8.96 Å². The minimum atomic E-state index is -3.92. The van der Waals surface area contributed by atoms with Crippen molar-refractivity contribution in [2.24, 2.45) is 0 Å². The third-order valence-electron chi connectivity index (χ3n) is 3.08. The summed E-state index contributed by atoms with van der Waals surface area (Å²) in [4.78, 5) is 3.94. The molecular formula is C14H11FN2O3S. The van der Waals surface area contributed by atoms with E-state index in [0.717, 1.165) is 16.1 Å². The number of benzene rings is 2. The van der Waals surface area contributed by atoms with Gasteiger partial charge in [-0.3, -0.25) is 0 Å². The summed E-state index contributed by atoms with van der Waals surface area (Å²) in [5.41, 5.74) is 1.01. The van der Waals surface area contributed by atoms with Crippen molar-refractivity contribution in [2.45, 2.75) is 4.90 Å². The van der Waals surface area contributed by atoms with E-state index < -0.39 is 15.8 Å². The molecule has 3 rings (SSSR count). The van der Waals surface area contributed by atoms with Crippen LogP contribution in [0.1, 0.15) is 0 Å². The molecule has 0 radical (unpaired) electrons. The van der Waals surface area contributed by atoms with Gasteiger partial charge in [-0.25, -0.2) is 21.8 Å². The molecule has 7 heteroatoms. The topological polar surface area (TPSA) is 61.2 Å². The van der Waals surface area contributed by atoms with Crippen LogP contribution < -0.4 is 4.74 Å². The minimum Gasteiger partial charge on any atom is -0.495 e. The standard InChI is InChI=1S/C14H11FN2O3S/c1-20-13-8-10(15)6-7-14(13)21(18,19)17-9-16-11-4-2-3-5-12(11)17/h2-9H,1H3. The van der Waals surface area contributed by atoms with Gasteiger partial charge in [0.15, 0.2) is 0 Å². The smallest absolute Gasteiger partial charge is 0.273 e. The van der Waals surface area contributed by atoms with E-state index >= 15 is 0 Å². The van der Waals surface area contributed by atoms with Crippen molar-refractivity contribution in [1.29, 1.82) is 0 Å². The Morgan fingerprint density at radius 2 is 1.95 bits per heavy atom. The summed E-state index contributed by atoms with van der Waals surface area (Å²) in [6.07, 6.45) is 1.22. The number of rotatable bonds is 3. The molecule has 1 heterocycles. The van der Waals surface area contributed by atoms with Gasteiger partial charge in [-0.2, -0.15) is 0 Å². The Morgan fingerprint density at radius 3 is 2.71 bits per heavy atom. The van der Waals surface area contributed by atoms with Crippen LogP contribution >= 0.6 is 0 Å². The molecule has 2 aromatic carbocycles. The Bertz CT molecular complexity index is 919. The second kappa shape index (κ2) is 4.85. The SMILES string of the molecule is COc1cc(F)ccc1S(=O)(=O)n1cnc2ccccc21. The molecule has 0 saturated carbocycles. The second-order valence-electron chi connectivity index (χ2n) is 4.33. The van der Waals surface area contributed by atoms with Gasteiger partial charge in [0.25, 0.3) is 10.0 Å². The summed E-state index contributed by atoms with van der Waals surface area (Å²) in [5, 5.41) is 0. The van der Waals surface area contributed by atoms with Gasteiger partial charge in [-0.05, 0) is 24.3 Å². The zero-order valence-electron chi connectivity index (χ0n) is 11.0. The van der Waals surface area contributed by atoms with Crippen LogP contribution in [0.5, 0.6) is 5.75 Å². The average molecular weight is 306 g/mol. The average Bonchev–Trinajstić information content (AvgIpc) is 2.91. The number of para-hydroxylation sites is 2. The van der Waals surface area contributed by atoms with Crippen molar-refractivity contribution >= 4 is 21.1 Å². The number of hydrogen-bond acceptors (Lipinski definition) is 4. The minimum absolute atomic E-state index is 0.0484. The number of fused-ring (bicyclic) bond motifs is 1. The van der Waals surface area contributed by atoms with Crippen molar-refractivity contribution in [2.75, 3.05) is 7.11 Å². The number of imidazole rings is 1. The van der Waals surface area contributed by atoms with Gasteiger partial charge in [0.05, 0.1) is 18.1 Å². The summed E-state index contributed by atoms with van der Waals surface area (Å²) < 4.78 is 44.7. The van der Waals surface area contributed by atoms with Crippen LogP contribution in [0.2, 0.25) is 0 Å². The lowest BCUT2D eigenvalue weighted by atomic mass is 10.3. The first kappa shape index (κ1) is 13.6. The van der Waals surface area contributed by atoms with E-state index in [0.29, 0.717) is 11.0 Å². The van der Waals surface area contributed by atoms with Crippen LogP contribution in [-0.4, -0.2) is 24.5 Å². The highest BCUT2D eigenvalue weighted by Gasteiger charge is 2.24. The van der Waals surface area contributed by atoms with Crippen molar-refractivity contribution in [3.8, 4) is 5.75 Å². The molecule has 5 nitrogen and oxygen atoms in total. The third-order valence-corrected chi connectivity index (χ3v) is 4.79. The molecule has 0 saturated heterocycles. The fourth-order valence-electron chi connectivity index (χ4n) is 2.09. The van der Waals surface area contributed by atoms with Crippen LogP contribution in [0.3, 0.4) is 0 Å². The quantitative estimate of drug-likeness (QED) is 0.745. The summed E-state index contributed by atoms with van der Waals surface area (Å²) >= 11 is 0. The Hall–Kier alpha value is -2.41. The molecule has 0 N–H and O–H groups in total. The van der Waals surface area contributed by atoms with E-state index in [2.05, 4.69) is 4.98 Å². The maximum absolute atomic E-state index is 13.2. The number of hydrogen-bond donors (Lipinski definition) is 0. The van der Waals surface area contributed by atoms with Gasteiger partial charge < -0.3 is 4.74 Å². The predicted molar refractivity (Wildman–Crippen MR) is 75.3 cm³/mol. The van der Waals surface area contributed by atoms with Gasteiger partial charge in [0.2, 0.25) is 0 Å². The van der Waals surface area contributed by atoms with E-state index in [1.165, 1.54) is 19.5 Å². The summed E-state index contributed by atoms with van der Waals surface area (Å²) in [6, 6.07) is 10.1. The molecular weight excluding hydrogens is 295 g/mol. The van der Waals surface area contributed by atoms with Gasteiger partial charge in [0, 0.05) is 6.07 Å². The van der Waals surface area contributed by atoms with Gasteiger partial charge in [-0.15, -0.1) is 0 Å². The largest absolute Gasteiger partial charge is 0.495 e. The Morgan fingerprint density at radius 1 is 1.19 bits per heavy atom. The molecule has 3 aromatic rings. The maximum atomic E-state index is 13.2. The molecule has 0 atom stereocenters. The Kier molecular flexibility index (Phi) is 3.13. The number of halogens is 1. The normalized spacial score (nSPS) is 11.7. The highest BCUT2D eigenvalue weighted by Crippen LogP contribution is 2.28. The number of methoxy groups -OCH3 is 1. The first-order valence-electron chi connectivity index (χ1n) is 6.05. The van der Waals surface area contributed by atoms with Crippen LogP contribution in [0.15, 0.2) is 53.7 Å². The van der Waals surface area contributed by atoms with Crippen LogP contribution in [0, 0.1) is 5.82 Å². The van der Waals surface area contributed by atoms with Crippen LogP contribution in [0.25, 0.3) is 11.0 Å². The fraction of sp³-hybridized carbons (Fsp3) is 0.0714. The first-order chi connectivity index (χ1) is 10.0. The maximum Gasteiger partial charge on any atom is 0.273 e. The molecule has 0 amide bonds. The predicted octanol–water partition coefficient (Wildman–Crippen LogP) is 2.42. The molecule has 0 aliphatic rings. The van der Waals surface area contributed by atoms with E-state index in [1.807, 2.05) is 0 Å². The highest BCUT2D eigenvalue weighted by molar-refractivity contribution is 7.90. The number of nitrogens with zero attached hydrogens (tertiary/aromatic N) is 2. The highest BCUT2D eigenvalue weighted by atomic mass is 32.2. The molecule has 108 valence electrons. The Labute approximate surface area is 120 Å². The van der Waals surface area contributed by atoms with Gasteiger partial charge >= 0.3 is 0 Å². The van der Waals surface area contributed by atoms with Gasteiger partial charge in [0.1, 0.15) is 22.8 Å². The zero-order chi connectivity index (χ0) is 15.0. The second-order valence-corrected chi connectivity index (χ2v) is 6.11. The van der Waals surface area contributed by atoms with Crippen molar-refractivity contribution in [3.05, 3.63) is 54.6 Å². The third kappa shape index (κ3) is 2.15. The van der Waals surface area contributed by atoms with Crippen LogP contribution in [-0.2, 0) is 10.0 Å². The summed E-state index contributed by atoms with van der Waals surface area (Å²) in [6.45, 7) is 0.